The summed E-state index contributed by atoms with van der Waals surface area (Å²) in [6.07, 6.45) is 4.23. The van der Waals surface area contributed by atoms with Crippen molar-refractivity contribution in [2.75, 3.05) is 5.73 Å². The van der Waals surface area contributed by atoms with E-state index in [9.17, 15) is 8.78 Å². The summed E-state index contributed by atoms with van der Waals surface area (Å²) >= 11 is 0. The second-order valence-corrected chi connectivity index (χ2v) is 5.44. The van der Waals surface area contributed by atoms with Crippen LogP contribution in [0.1, 0.15) is 11.1 Å². The first-order chi connectivity index (χ1) is 12.6. The second-order valence-electron chi connectivity index (χ2n) is 5.44. The van der Waals surface area contributed by atoms with E-state index in [1.165, 1.54) is 46.2 Å². The number of hydrogen-bond donors (Lipinski definition) is 1. The van der Waals surface area contributed by atoms with Gasteiger partial charge in [0.25, 0.3) is 0 Å². The van der Waals surface area contributed by atoms with Gasteiger partial charge in [-0.05, 0) is 12.1 Å². The number of halogens is 2. The average molecular weight is 352 g/mol. The zero-order valence-electron chi connectivity index (χ0n) is 13.1. The zero-order chi connectivity index (χ0) is 18.3. The van der Waals surface area contributed by atoms with Crippen molar-refractivity contribution in [1.29, 1.82) is 5.26 Å². The van der Waals surface area contributed by atoms with Crippen molar-refractivity contribution >= 4 is 17.1 Å². The Morgan fingerprint density at radius 1 is 1.19 bits per heavy atom. The minimum atomic E-state index is -0.667. The molecule has 3 aromatic heterocycles. The molecule has 0 aliphatic rings. The summed E-state index contributed by atoms with van der Waals surface area (Å²) in [5.74, 6) is -1.13. The molecule has 0 aliphatic heterocycles. The fourth-order valence-electron chi connectivity index (χ4n) is 2.57. The number of nitrogen functional groups attached to an aromatic ring is 1. The number of hydrogen-bond acceptors (Lipinski definition) is 6. The molecule has 0 unspecified atom stereocenters. The summed E-state index contributed by atoms with van der Waals surface area (Å²) in [4.78, 5) is 12.4. The molecule has 2 N–H and O–H groups in total. The summed E-state index contributed by atoms with van der Waals surface area (Å²) in [6, 6.07) is 5.62. The Morgan fingerprint density at radius 3 is 2.65 bits per heavy atom. The normalized spacial score (nSPS) is 11.0. The Kier molecular flexibility index (Phi) is 3.54. The van der Waals surface area contributed by atoms with Crippen LogP contribution in [-0.2, 0) is 6.54 Å². The first kappa shape index (κ1) is 15.6. The molecule has 0 spiro atoms. The smallest absolute Gasteiger partial charge is 0.224 e. The molecule has 0 saturated heterocycles. The van der Waals surface area contributed by atoms with E-state index in [0.717, 1.165) is 0 Å². The molecule has 0 fully saturated rings. The maximum atomic E-state index is 13.9. The monoisotopic (exact) mass is 352 g/mol. The van der Waals surface area contributed by atoms with Crippen LogP contribution in [0.25, 0.3) is 17.0 Å². The van der Waals surface area contributed by atoms with Gasteiger partial charge in [0.2, 0.25) is 5.95 Å². The van der Waals surface area contributed by atoms with Gasteiger partial charge in [-0.1, -0.05) is 6.07 Å². The van der Waals surface area contributed by atoms with Crippen LogP contribution in [-0.4, -0.2) is 29.3 Å². The van der Waals surface area contributed by atoms with Crippen molar-refractivity contribution in [2.24, 2.45) is 0 Å². The summed E-state index contributed by atoms with van der Waals surface area (Å²) in [6.45, 7) is -0.118. The van der Waals surface area contributed by atoms with Crippen LogP contribution in [0.3, 0.4) is 0 Å². The maximum absolute atomic E-state index is 13.9. The summed E-state index contributed by atoms with van der Waals surface area (Å²) in [5, 5.41) is 13.0. The summed E-state index contributed by atoms with van der Waals surface area (Å²) in [5.41, 5.74) is 6.62. The Balaban J connectivity index is 1.85. The van der Waals surface area contributed by atoms with Gasteiger partial charge in [-0.15, -0.1) is 0 Å². The van der Waals surface area contributed by atoms with Gasteiger partial charge in [0, 0.05) is 5.56 Å². The van der Waals surface area contributed by atoms with Gasteiger partial charge in [-0.25, -0.2) is 18.4 Å². The lowest BCUT2D eigenvalue weighted by Crippen LogP contribution is -2.08. The second kappa shape index (κ2) is 5.89. The molecular weight excluding hydrogens is 342 g/mol. The molecule has 0 amide bonds. The fraction of sp³-hybridized carbons (Fsp3) is 0.0625. The number of benzene rings is 1. The van der Waals surface area contributed by atoms with Crippen molar-refractivity contribution in [3.63, 3.8) is 0 Å². The third-order valence-corrected chi connectivity index (χ3v) is 3.78. The van der Waals surface area contributed by atoms with E-state index in [1.54, 1.807) is 0 Å². The Hall–Kier alpha value is -3.87. The molecule has 128 valence electrons. The number of aromatic nitrogens is 6. The number of nitrogens with two attached hydrogens (primary N) is 1. The Bertz CT molecular complexity index is 1150. The van der Waals surface area contributed by atoms with Crippen LogP contribution in [0.15, 0.2) is 36.9 Å². The number of anilines is 1. The third kappa shape index (κ3) is 2.51. The topological polar surface area (TPSA) is 111 Å². The minimum absolute atomic E-state index is 0.0581. The first-order valence-corrected chi connectivity index (χ1v) is 7.43. The number of rotatable bonds is 3. The SMILES string of the molecule is N#Cc1cnn(-c2nc(N)nc3c2ncn3Cc2c(F)cccc2F)c1. The van der Waals surface area contributed by atoms with Crippen molar-refractivity contribution in [3.05, 3.63) is 59.7 Å². The average Bonchev–Trinajstić information content (AvgIpc) is 3.25. The van der Waals surface area contributed by atoms with Gasteiger partial charge in [-0.3, -0.25) is 0 Å². The molecule has 10 heteroatoms. The number of imidazole rings is 1. The van der Waals surface area contributed by atoms with Crippen molar-refractivity contribution < 1.29 is 8.78 Å². The molecule has 0 bridgehead atoms. The highest BCUT2D eigenvalue weighted by atomic mass is 19.1. The largest absolute Gasteiger partial charge is 0.368 e. The Morgan fingerprint density at radius 2 is 1.96 bits per heavy atom. The van der Waals surface area contributed by atoms with E-state index in [0.29, 0.717) is 16.7 Å². The lowest BCUT2D eigenvalue weighted by atomic mass is 10.2. The molecule has 4 aromatic rings. The van der Waals surface area contributed by atoms with Crippen LogP contribution >= 0.6 is 0 Å². The highest BCUT2D eigenvalue weighted by molar-refractivity contribution is 5.79. The molecule has 0 saturated carbocycles. The van der Waals surface area contributed by atoms with E-state index in [-0.39, 0.29) is 23.9 Å². The lowest BCUT2D eigenvalue weighted by Gasteiger charge is -2.08. The molecule has 8 nitrogen and oxygen atoms in total. The zero-order valence-corrected chi connectivity index (χ0v) is 13.1. The molecular formula is C16H10F2N8. The minimum Gasteiger partial charge on any atom is -0.368 e. The fourth-order valence-corrected chi connectivity index (χ4v) is 2.57. The number of nitrogens with zero attached hydrogens (tertiary/aromatic N) is 7. The quantitative estimate of drug-likeness (QED) is 0.602. The van der Waals surface area contributed by atoms with E-state index >= 15 is 0 Å². The highest BCUT2D eigenvalue weighted by Gasteiger charge is 2.17. The molecule has 1 aromatic carbocycles. The van der Waals surface area contributed by atoms with E-state index in [4.69, 9.17) is 11.0 Å². The number of fused-ring (bicyclic) bond motifs is 1. The molecule has 0 radical (unpaired) electrons. The van der Waals surface area contributed by atoms with Crippen LogP contribution in [0.5, 0.6) is 0 Å². The van der Waals surface area contributed by atoms with Crippen LogP contribution in [0.2, 0.25) is 0 Å². The van der Waals surface area contributed by atoms with Crippen LogP contribution < -0.4 is 5.73 Å². The third-order valence-electron chi connectivity index (χ3n) is 3.78. The van der Waals surface area contributed by atoms with Crippen LogP contribution in [0, 0.1) is 23.0 Å². The molecule has 26 heavy (non-hydrogen) atoms. The maximum Gasteiger partial charge on any atom is 0.224 e. The van der Waals surface area contributed by atoms with Gasteiger partial charge < -0.3 is 10.3 Å². The molecule has 4 rings (SSSR count). The molecule has 3 heterocycles. The van der Waals surface area contributed by atoms with Crippen LogP contribution in [0.4, 0.5) is 14.7 Å². The summed E-state index contributed by atoms with van der Waals surface area (Å²) in [7, 11) is 0. The Labute approximate surface area is 145 Å². The van der Waals surface area contributed by atoms with Gasteiger partial charge in [-0.2, -0.15) is 20.3 Å². The first-order valence-electron chi connectivity index (χ1n) is 7.43. The van der Waals surface area contributed by atoms with Gasteiger partial charge >= 0.3 is 0 Å². The van der Waals surface area contributed by atoms with Crippen molar-refractivity contribution in [1.82, 2.24) is 29.3 Å². The summed E-state index contributed by atoms with van der Waals surface area (Å²) < 4.78 is 30.7. The van der Waals surface area contributed by atoms with Gasteiger partial charge in [0.15, 0.2) is 17.0 Å². The lowest BCUT2D eigenvalue weighted by molar-refractivity contribution is 0.546. The van der Waals surface area contributed by atoms with Crippen molar-refractivity contribution in [2.45, 2.75) is 6.54 Å². The highest BCUT2D eigenvalue weighted by Crippen LogP contribution is 2.21. The van der Waals surface area contributed by atoms with E-state index in [1.807, 2.05) is 6.07 Å². The predicted molar refractivity (Wildman–Crippen MR) is 87.0 cm³/mol. The van der Waals surface area contributed by atoms with E-state index in [2.05, 4.69) is 20.1 Å². The number of nitriles is 1. The predicted octanol–water partition coefficient (Wildman–Crippen LogP) is 1.79. The van der Waals surface area contributed by atoms with Crippen molar-refractivity contribution in [3.8, 4) is 11.9 Å². The molecule has 0 aliphatic carbocycles. The molecule has 0 atom stereocenters. The van der Waals surface area contributed by atoms with E-state index < -0.39 is 11.6 Å². The van der Waals surface area contributed by atoms with Gasteiger partial charge in [0.05, 0.1) is 30.8 Å². The standard InChI is InChI=1S/C16H10F2N8/c17-11-2-1-3-12(18)10(11)7-25-8-21-13-14(25)23-16(20)24-15(13)26-6-9(4-19)5-22-26/h1-3,5-6,8H,7H2,(H2,20,23,24). The van der Waals surface area contributed by atoms with Gasteiger partial charge in [0.1, 0.15) is 17.7 Å².